The Labute approximate surface area is 105 Å². The van der Waals surface area contributed by atoms with E-state index in [9.17, 15) is 0 Å². The van der Waals surface area contributed by atoms with Crippen LogP contribution in [0.5, 0.6) is 0 Å². The van der Waals surface area contributed by atoms with Gasteiger partial charge < -0.3 is 5.73 Å². The Hall–Kier alpha value is -0.860. The lowest BCUT2D eigenvalue weighted by atomic mass is 10.0. The fourth-order valence-corrected chi connectivity index (χ4v) is 2.57. The number of hydrogen-bond donors (Lipinski definition) is 1. The van der Waals surface area contributed by atoms with Gasteiger partial charge in [0.1, 0.15) is 0 Å². The maximum absolute atomic E-state index is 5.77. The maximum atomic E-state index is 5.77. The van der Waals surface area contributed by atoms with Crippen molar-refractivity contribution < 1.29 is 0 Å². The molecule has 1 aliphatic rings. The van der Waals surface area contributed by atoms with Gasteiger partial charge >= 0.3 is 0 Å². The summed E-state index contributed by atoms with van der Waals surface area (Å²) in [5.74, 6) is 0.748. The first-order valence-electron chi connectivity index (χ1n) is 6.76. The highest BCUT2D eigenvalue weighted by Gasteiger charge is 2.15. The molecule has 1 fully saturated rings. The molecule has 0 saturated carbocycles. The van der Waals surface area contributed by atoms with Crippen molar-refractivity contribution in [2.45, 2.75) is 32.7 Å². The van der Waals surface area contributed by atoms with Crippen LogP contribution in [0.25, 0.3) is 0 Å². The highest BCUT2D eigenvalue weighted by molar-refractivity contribution is 5.21. The molecule has 0 bridgehead atoms. The monoisotopic (exact) mass is 232 g/mol. The number of benzene rings is 1. The molecule has 1 aromatic carbocycles. The van der Waals surface area contributed by atoms with Crippen molar-refractivity contribution in [2.24, 2.45) is 11.7 Å². The lowest BCUT2D eigenvalue weighted by molar-refractivity contribution is 0.273. The normalized spacial score (nSPS) is 22.4. The van der Waals surface area contributed by atoms with E-state index >= 15 is 0 Å². The summed E-state index contributed by atoms with van der Waals surface area (Å²) in [5, 5.41) is 0. The van der Waals surface area contributed by atoms with E-state index in [2.05, 4.69) is 36.1 Å². The standard InChI is InChI=1S/C15H24N2/c1-13-4-6-15(7-5-13)12-17-9-2-3-14(11-16)8-10-17/h4-7,14H,2-3,8-12,16H2,1H3. The van der Waals surface area contributed by atoms with E-state index in [4.69, 9.17) is 5.73 Å². The second kappa shape index (κ2) is 6.18. The zero-order valence-electron chi connectivity index (χ0n) is 10.9. The molecule has 1 unspecified atom stereocenters. The summed E-state index contributed by atoms with van der Waals surface area (Å²) < 4.78 is 0. The molecule has 1 heterocycles. The fraction of sp³-hybridized carbons (Fsp3) is 0.600. The minimum atomic E-state index is 0.748. The summed E-state index contributed by atoms with van der Waals surface area (Å²) in [6.45, 7) is 6.53. The molecule has 2 rings (SSSR count). The van der Waals surface area contributed by atoms with Gasteiger partial charge in [-0.05, 0) is 57.3 Å². The predicted molar refractivity (Wildman–Crippen MR) is 72.9 cm³/mol. The average molecular weight is 232 g/mol. The Bertz CT molecular complexity index is 331. The van der Waals surface area contributed by atoms with Crippen molar-refractivity contribution >= 4 is 0 Å². The van der Waals surface area contributed by atoms with Crippen LogP contribution in [0.4, 0.5) is 0 Å². The van der Waals surface area contributed by atoms with Crippen LogP contribution in [0.2, 0.25) is 0 Å². The average Bonchev–Trinajstić information content (AvgIpc) is 2.57. The van der Waals surface area contributed by atoms with Crippen LogP contribution in [0.15, 0.2) is 24.3 Å². The molecule has 0 spiro atoms. The number of nitrogens with two attached hydrogens (primary N) is 1. The van der Waals surface area contributed by atoms with Gasteiger partial charge in [0, 0.05) is 6.54 Å². The third kappa shape index (κ3) is 3.83. The van der Waals surface area contributed by atoms with E-state index in [1.165, 1.54) is 43.5 Å². The molecule has 17 heavy (non-hydrogen) atoms. The molecule has 0 radical (unpaired) electrons. The minimum Gasteiger partial charge on any atom is -0.330 e. The number of aryl methyl sites for hydroxylation is 1. The molecule has 1 atom stereocenters. The topological polar surface area (TPSA) is 29.3 Å². The number of hydrogen-bond acceptors (Lipinski definition) is 2. The summed E-state index contributed by atoms with van der Waals surface area (Å²) >= 11 is 0. The van der Waals surface area contributed by atoms with E-state index in [1.54, 1.807) is 0 Å². The molecular formula is C15H24N2. The highest BCUT2D eigenvalue weighted by atomic mass is 15.1. The smallest absolute Gasteiger partial charge is 0.0233 e. The molecule has 2 nitrogen and oxygen atoms in total. The number of nitrogens with zero attached hydrogens (tertiary/aromatic N) is 1. The van der Waals surface area contributed by atoms with Crippen molar-refractivity contribution in [3.63, 3.8) is 0 Å². The van der Waals surface area contributed by atoms with Crippen LogP contribution in [-0.2, 0) is 6.54 Å². The predicted octanol–water partition coefficient (Wildman–Crippen LogP) is 2.56. The fourth-order valence-electron chi connectivity index (χ4n) is 2.57. The Morgan fingerprint density at radius 1 is 1.18 bits per heavy atom. The van der Waals surface area contributed by atoms with E-state index in [1.807, 2.05) is 0 Å². The molecule has 94 valence electrons. The van der Waals surface area contributed by atoms with Gasteiger partial charge in [-0.15, -0.1) is 0 Å². The quantitative estimate of drug-likeness (QED) is 0.868. The zero-order valence-corrected chi connectivity index (χ0v) is 10.9. The van der Waals surface area contributed by atoms with Gasteiger partial charge in [0.2, 0.25) is 0 Å². The Morgan fingerprint density at radius 3 is 2.65 bits per heavy atom. The molecular weight excluding hydrogens is 208 g/mol. The number of likely N-dealkylation sites (tertiary alicyclic amines) is 1. The third-order valence-electron chi connectivity index (χ3n) is 3.80. The molecule has 2 heteroatoms. The second-order valence-electron chi connectivity index (χ2n) is 5.29. The van der Waals surface area contributed by atoms with Gasteiger partial charge in [-0.25, -0.2) is 0 Å². The molecule has 1 aromatic rings. The van der Waals surface area contributed by atoms with Gasteiger partial charge in [0.05, 0.1) is 0 Å². The van der Waals surface area contributed by atoms with Crippen molar-refractivity contribution in [2.75, 3.05) is 19.6 Å². The first-order chi connectivity index (χ1) is 8.28. The summed E-state index contributed by atoms with van der Waals surface area (Å²) in [5.41, 5.74) is 8.54. The van der Waals surface area contributed by atoms with Crippen molar-refractivity contribution in [3.8, 4) is 0 Å². The third-order valence-corrected chi connectivity index (χ3v) is 3.80. The zero-order chi connectivity index (χ0) is 12.1. The van der Waals surface area contributed by atoms with Crippen LogP contribution in [0.3, 0.4) is 0 Å². The summed E-state index contributed by atoms with van der Waals surface area (Å²) in [4.78, 5) is 2.57. The maximum Gasteiger partial charge on any atom is 0.0233 e. The first kappa shape index (κ1) is 12.6. The number of rotatable bonds is 3. The van der Waals surface area contributed by atoms with Crippen molar-refractivity contribution in [1.82, 2.24) is 4.90 Å². The Morgan fingerprint density at radius 2 is 1.94 bits per heavy atom. The van der Waals surface area contributed by atoms with E-state index < -0.39 is 0 Å². The highest BCUT2D eigenvalue weighted by Crippen LogP contribution is 2.18. The molecule has 0 amide bonds. The summed E-state index contributed by atoms with van der Waals surface area (Å²) in [6, 6.07) is 8.91. The van der Waals surface area contributed by atoms with Crippen LogP contribution >= 0.6 is 0 Å². The van der Waals surface area contributed by atoms with Crippen LogP contribution in [0.1, 0.15) is 30.4 Å². The molecule has 0 aliphatic carbocycles. The van der Waals surface area contributed by atoms with Crippen LogP contribution in [-0.4, -0.2) is 24.5 Å². The van der Waals surface area contributed by atoms with Crippen molar-refractivity contribution in [1.29, 1.82) is 0 Å². The largest absolute Gasteiger partial charge is 0.330 e. The van der Waals surface area contributed by atoms with Crippen LogP contribution < -0.4 is 5.73 Å². The van der Waals surface area contributed by atoms with Crippen molar-refractivity contribution in [3.05, 3.63) is 35.4 Å². The molecule has 2 N–H and O–H groups in total. The summed E-state index contributed by atoms with van der Waals surface area (Å²) in [6.07, 6.45) is 3.87. The van der Waals surface area contributed by atoms with Gasteiger partial charge in [-0.2, -0.15) is 0 Å². The SMILES string of the molecule is Cc1ccc(CN2CCCC(CN)CC2)cc1. The van der Waals surface area contributed by atoms with Crippen LogP contribution in [0, 0.1) is 12.8 Å². The van der Waals surface area contributed by atoms with E-state index in [-0.39, 0.29) is 0 Å². The molecule has 1 aliphatic heterocycles. The van der Waals surface area contributed by atoms with Gasteiger partial charge in [-0.1, -0.05) is 29.8 Å². The Kier molecular flexibility index (Phi) is 4.57. The summed E-state index contributed by atoms with van der Waals surface area (Å²) in [7, 11) is 0. The molecule has 0 aromatic heterocycles. The second-order valence-corrected chi connectivity index (χ2v) is 5.29. The first-order valence-corrected chi connectivity index (χ1v) is 6.76. The van der Waals surface area contributed by atoms with Gasteiger partial charge in [-0.3, -0.25) is 4.90 Å². The van der Waals surface area contributed by atoms with Gasteiger partial charge in [0.15, 0.2) is 0 Å². The lowest BCUT2D eigenvalue weighted by Crippen LogP contribution is -2.24. The Balaban J connectivity index is 1.88. The van der Waals surface area contributed by atoms with E-state index in [0.717, 1.165) is 19.0 Å². The van der Waals surface area contributed by atoms with Gasteiger partial charge in [0.25, 0.3) is 0 Å². The van der Waals surface area contributed by atoms with E-state index in [0.29, 0.717) is 0 Å². The molecule has 1 saturated heterocycles. The minimum absolute atomic E-state index is 0.748. The lowest BCUT2D eigenvalue weighted by Gasteiger charge is -2.20.